The number of halogens is 1. The van der Waals surface area contributed by atoms with E-state index in [4.69, 9.17) is 11.6 Å². The van der Waals surface area contributed by atoms with E-state index in [2.05, 4.69) is 12.2 Å². The van der Waals surface area contributed by atoms with Gasteiger partial charge in [0.2, 0.25) is 0 Å². The first kappa shape index (κ1) is 13.8. The van der Waals surface area contributed by atoms with Crippen LogP contribution in [0.4, 0.5) is 0 Å². The Morgan fingerprint density at radius 1 is 1.35 bits per heavy atom. The lowest BCUT2D eigenvalue weighted by molar-refractivity contribution is 0.0950. The van der Waals surface area contributed by atoms with Crippen LogP contribution in [0, 0.1) is 0 Å². The van der Waals surface area contributed by atoms with Crippen molar-refractivity contribution in [3.05, 3.63) is 28.8 Å². The minimum Gasteiger partial charge on any atom is -0.507 e. The molecule has 1 aromatic rings. The molecule has 0 atom stereocenters. The molecule has 0 aliphatic carbocycles. The summed E-state index contributed by atoms with van der Waals surface area (Å²) in [6, 6.07) is 4.49. The average Bonchev–Trinajstić information content (AvgIpc) is 2.28. The maximum atomic E-state index is 11.7. The highest BCUT2D eigenvalue weighted by Crippen LogP contribution is 2.21. The van der Waals surface area contributed by atoms with E-state index in [1.165, 1.54) is 25.0 Å². The van der Waals surface area contributed by atoms with Gasteiger partial charge >= 0.3 is 0 Å². The molecule has 94 valence electrons. The van der Waals surface area contributed by atoms with Crippen LogP contribution in [-0.2, 0) is 0 Å². The van der Waals surface area contributed by atoms with E-state index in [0.29, 0.717) is 11.6 Å². The van der Waals surface area contributed by atoms with Gasteiger partial charge in [0.05, 0.1) is 5.56 Å². The number of hydrogen-bond acceptors (Lipinski definition) is 2. The van der Waals surface area contributed by atoms with Crippen molar-refractivity contribution in [1.82, 2.24) is 5.32 Å². The number of amides is 1. The molecule has 0 heterocycles. The van der Waals surface area contributed by atoms with Crippen molar-refractivity contribution in [1.29, 1.82) is 0 Å². The Balaban J connectivity index is 2.42. The van der Waals surface area contributed by atoms with Gasteiger partial charge < -0.3 is 10.4 Å². The average molecular weight is 256 g/mol. The monoisotopic (exact) mass is 255 g/mol. The van der Waals surface area contributed by atoms with Gasteiger partial charge in [0, 0.05) is 11.6 Å². The fraction of sp³-hybridized carbons (Fsp3) is 0.462. The Bertz CT molecular complexity index is 380. The van der Waals surface area contributed by atoms with Gasteiger partial charge in [-0.05, 0) is 24.6 Å². The molecule has 17 heavy (non-hydrogen) atoms. The maximum Gasteiger partial charge on any atom is 0.255 e. The van der Waals surface area contributed by atoms with Crippen LogP contribution in [0.25, 0.3) is 0 Å². The predicted molar refractivity (Wildman–Crippen MR) is 69.6 cm³/mol. The van der Waals surface area contributed by atoms with Gasteiger partial charge in [-0.1, -0.05) is 37.8 Å². The lowest BCUT2D eigenvalue weighted by Crippen LogP contribution is -2.24. The predicted octanol–water partition coefficient (Wildman–Crippen LogP) is 3.36. The SMILES string of the molecule is CCCCCCNC(=O)c1ccc(Cl)cc1O. The van der Waals surface area contributed by atoms with Crippen molar-refractivity contribution >= 4 is 17.5 Å². The highest BCUT2D eigenvalue weighted by molar-refractivity contribution is 6.30. The van der Waals surface area contributed by atoms with Crippen molar-refractivity contribution < 1.29 is 9.90 Å². The molecule has 0 aliphatic heterocycles. The second-order valence-electron chi connectivity index (χ2n) is 3.98. The topological polar surface area (TPSA) is 49.3 Å². The lowest BCUT2D eigenvalue weighted by Gasteiger charge is -2.06. The number of unbranched alkanes of at least 4 members (excludes halogenated alkanes) is 3. The zero-order valence-electron chi connectivity index (χ0n) is 10.0. The minimum atomic E-state index is -0.254. The molecule has 4 heteroatoms. The highest BCUT2D eigenvalue weighted by Gasteiger charge is 2.10. The van der Waals surface area contributed by atoms with Gasteiger partial charge in [0.15, 0.2) is 0 Å². The van der Waals surface area contributed by atoms with Gasteiger partial charge in [-0.3, -0.25) is 4.79 Å². The molecule has 0 aromatic heterocycles. The number of benzene rings is 1. The first-order valence-corrected chi connectivity index (χ1v) is 6.29. The standard InChI is InChI=1S/C13H18ClNO2/c1-2-3-4-5-8-15-13(17)11-7-6-10(14)9-12(11)16/h6-7,9,16H,2-5,8H2,1H3,(H,15,17). The van der Waals surface area contributed by atoms with Gasteiger partial charge in [-0.25, -0.2) is 0 Å². The zero-order valence-corrected chi connectivity index (χ0v) is 10.8. The Morgan fingerprint density at radius 2 is 2.12 bits per heavy atom. The number of phenols is 1. The second kappa shape index (κ2) is 7.17. The van der Waals surface area contributed by atoms with Crippen molar-refractivity contribution in [2.24, 2.45) is 0 Å². The Hall–Kier alpha value is -1.22. The van der Waals surface area contributed by atoms with E-state index in [9.17, 15) is 9.90 Å². The third kappa shape index (κ3) is 4.65. The third-order valence-electron chi connectivity index (χ3n) is 2.52. The van der Waals surface area contributed by atoms with Crippen molar-refractivity contribution in [3.8, 4) is 5.75 Å². The molecular formula is C13H18ClNO2. The first-order chi connectivity index (χ1) is 8.15. The lowest BCUT2D eigenvalue weighted by atomic mass is 10.1. The molecule has 1 aromatic carbocycles. The molecule has 1 rings (SSSR count). The number of rotatable bonds is 6. The second-order valence-corrected chi connectivity index (χ2v) is 4.41. The van der Waals surface area contributed by atoms with Crippen LogP contribution in [0.1, 0.15) is 43.0 Å². The molecule has 0 saturated heterocycles. The summed E-state index contributed by atoms with van der Waals surface area (Å²) in [6.07, 6.45) is 4.44. The van der Waals surface area contributed by atoms with Crippen LogP contribution in [0.5, 0.6) is 5.75 Å². The molecule has 0 fully saturated rings. The van der Waals surface area contributed by atoms with Crippen molar-refractivity contribution in [2.45, 2.75) is 32.6 Å². The summed E-state index contributed by atoms with van der Waals surface area (Å²) in [5, 5.41) is 12.8. The van der Waals surface area contributed by atoms with Gasteiger partial charge in [0.1, 0.15) is 5.75 Å². The normalized spacial score (nSPS) is 10.2. The van der Waals surface area contributed by atoms with Crippen LogP contribution >= 0.6 is 11.6 Å². The quantitative estimate of drug-likeness (QED) is 0.766. The van der Waals surface area contributed by atoms with E-state index in [-0.39, 0.29) is 17.2 Å². The van der Waals surface area contributed by atoms with E-state index in [0.717, 1.165) is 12.8 Å². The van der Waals surface area contributed by atoms with Gasteiger partial charge in [-0.15, -0.1) is 0 Å². The number of aromatic hydroxyl groups is 1. The van der Waals surface area contributed by atoms with Crippen LogP contribution in [0.15, 0.2) is 18.2 Å². The van der Waals surface area contributed by atoms with E-state index in [1.807, 2.05) is 0 Å². The largest absolute Gasteiger partial charge is 0.507 e. The summed E-state index contributed by atoms with van der Waals surface area (Å²) in [4.78, 5) is 11.7. The first-order valence-electron chi connectivity index (χ1n) is 5.92. The van der Waals surface area contributed by atoms with E-state index < -0.39 is 0 Å². The van der Waals surface area contributed by atoms with Gasteiger partial charge in [0.25, 0.3) is 5.91 Å². The number of carbonyl (C=O) groups is 1. The number of phenolic OH excluding ortho intramolecular Hbond substituents is 1. The molecule has 0 radical (unpaired) electrons. The molecule has 2 N–H and O–H groups in total. The summed E-state index contributed by atoms with van der Waals surface area (Å²) in [7, 11) is 0. The molecule has 1 amide bonds. The molecule has 0 spiro atoms. The number of hydrogen-bond donors (Lipinski definition) is 2. The van der Waals surface area contributed by atoms with Crippen LogP contribution in [0.2, 0.25) is 5.02 Å². The number of nitrogens with one attached hydrogen (secondary N) is 1. The number of carbonyl (C=O) groups excluding carboxylic acids is 1. The fourth-order valence-electron chi connectivity index (χ4n) is 1.55. The van der Waals surface area contributed by atoms with E-state index >= 15 is 0 Å². The van der Waals surface area contributed by atoms with Crippen molar-refractivity contribution in [3.63, 3.8) is 0 Å². The van der Waals surface area contributed by atoms with Crippen molar-refractivity contribution in [2.75, 3.05) is 6.54 Å². The molecule has 0 bridgehead atoms. The summed E-state index contributed by atoms with van der Waals surface area (Å²) in [5.41, 5.74) is 0.268. The Morgan fingerprint density at radius 3 is 2.76 bits per heavy atom. The van der Waals surface area contributed by atoms with E-state index in [1.54, 1.807) is 6.07 Å². The van der Waals surface area contributed by atoms with Crippen LogP contribution in [-0.4, -0.2) is 17.6 Å². The molecular weight excluding hydrogens is 238 g/mol. The zero-order chi connectivity index (χ0) is 12.7. The summed E-state index contributed by atoms with van der Waals surface area (Å²) in [5.74, 6) is -0.334. The third-order valence-corrected chi connectivity index (χ3v) is 2.76. The highest BCUT2D eigenvalue weighted by atomic mass is 35.5. The minimum absolute atomic E-state index is 0.0800. The maximum absolute atomic E-state index is 11.7. The fourth-order valence-corrected chi connectivity index (χ4v) is 1.71. The Labute approximate surface area is 107 Å². The molecule has 3 nitrogen and oxygen atoms in total. The molecule has 0 saturated carbocycles. The molecule has 0 unspecified atom stereocenters. The van der Waals surface area contributed by atoms with Gasteiger partial charge in [-0.2, -0.15) is 0 Å². The molecule has 0 aliphatic rings. The smallest absolute Gasteiger partial charge is 0.255 e. The Kier molecular flexibility index (Phi) is 5.84. The van der Waals surface area contributed by atoms with Crippen LogP contribution in [0.3, 0.4) is 0 Å². The summed E-state index contributed by atoms with van der Waals surface area (Å²) in [6.45, 7) is 2.78. The van der Waals surface area contributed by atoms with Crippen LogP contribution < -0.4 is 5.32 Å². The summed E-state index contributed by atoms with van der Waals surface area (Å²) >= 11 is 5.69. The summed E-state index contributed by atoms with van der Waals surface area (Å²) < 4.78 is 0.